The van der Waals surface area contributed by atoms with Gasteiger partial charge in [-0.3, -0.25) is 4.99 Å². The van der Waals surface area contributed by atoms with Crippen molar-refractivity contribution in [2.45, 2.75) is 39.5 Å². The number of aliphatic imine (C=N–C) groups is 1. The second kappa shape index (κ2) is 4.39. The first-order valence-corrected chi connectivity index (χ1v) is 4.20. The quantitative estimate of drug-likeness (QED) is 0.558. The summed E-state index contributed by atoms with van der Waals surface area (Å²) in [6, 6.07) is 0. The van der Waals surface area contributed by atoms with Gasteiger partial charge in [0.25, 0.3) is 0 Å². The van der Waals surface area contributed by atoms with Crippen molar-refractivity contribution in [3.63, 3.8) is 0 Å². The maximum Gasteiger partial charge on any atom is 0.142 e. The van der Waals surface area contributed by atoms with Gasteiger partial charge < -0.3 is 15.9 Å². The molecule has 0 aromatic carbocycles. The molecule has 0 bridgehead atoms. The van der Waals surface area contributed by atoms with Crippen LogP contribution in [0.4, 0.5) is 0 Å². The van der Waals surface area contributed by atoms with Gasteiger partial charge in [-0.25, -0.2) is 0 Å². The van der Waals surface area contributed by atoms with E-state index in [4.69, 9.17) is 10.8 Å². The summed E-state index contributed by atoms with van der Waals surface area (Å²) in [6.45, 7) is 6.41. The molecule has 0 amide bonds. The topological polar surface area (TPSA) is 78.8 Å². The van der Waals surface area contributed by atoms with E-state index in [-0.39, 0.29) is 0 Å². The summed E-state index contributed by atoms with van der Waals surface area (Å²) in [6.07, 6.45) is 0.777. The summed E-state index contributed by atoms with van der Waals surface area (Å²) < 4.78 is 0. The first-order chi connectivity index (χ1) is 5.79. The van der Waals surface area contributed by atoms with Crippen LogP contribution in [0.1, 0.15) is 27.7 Å². The molecule has 0 saturated heterocycles. The van der Waals surface area contributed by atoms with Crippen LogP contribution in [0.25, 0.3) is 0 Å². The minimum absolute atomic E-state index is 0.310. The highest BCUT2D eigenvalue weighted by Gasteiger charge is 2.23. The average Bonchev–Trinajstić information content (AvgIpc) is 1.96. The Morgan fingerprint density at radius 2 is 2.00 bits per heavy atom. The molecule has 0 saturated carbocycles. The van der Waals surface area contributed by atoms with Crippen LogP contribution in [0.3, 0.4) is 0 Å². The first kappa shape index (κ1) is 12.1. The van der Waals surface area contributed by atoms with Crippen LogP contribution in [-0.4, -0.2) is 27.8 Å². The smallest absolute Gasteiger partial charge is 0.142 e. The Hall–Kier alpha value is -0.870. The van der Waals surface area contributed by atoms with Gasteiger partial charge in [0, 0.05) is 0 Å². The maximum absolute atomic E-state index is 9.67. The number of nitrogens with two attached hydrogens (primary N) is 1. The minimum atomic E-state index is -1.13. The van der Waals surface area contributed by atoms with Crippen molar-refractivity contribution in [1.82, 2.24) is 0 Å². The predicted octanol–water partition coefficient (Wildman–Crippen LogP) is 0.399. The zero-order valence-electron chi connectivity index (χ0n) is 8.57. The van der Waals surface area contributed by atoms with Crippen molar-refractivity contribution in [2.24, 2.45) is 10.7 Å². The van der Waals surface area contributed by atoms with Crippen LogP contribution in [0.2, 0.25) is 0 Å². The van der Waals surface area contributed by atoms with Gasteiger partial charge in [-0.2, -0.15) is 0 Å². The molecule has 0 aromatic heterocycles. The molecule has 1 unspecified atom stereocenters. The Balaban J connectivity index is 5.00. The van der Waals surface area contributed by atoms with Crippen LogP contribution >= 0.6 is 0 Å². The van der Waals surface area contributed by atoms with Crippen LogP contribution in [0.5, 0.6) is 0 Å². The fraction of sp³-hybridized carbons (Fsp3) is 0.667. The Morgan fingerprint density at radius 1 is 1.54 bits per heavy atom. The molecular weight excluding hydrogens is 168 g/mol. The van der Waals surface area contributed by atoms with Gasteiger partial charge in [0.1, 0.15) is 11.8 Å². The highest BCUT2D eigenvalue weighted by Crippen LogP contribution is 2.10. The average molecular weight is 186 g/mol. The normalized spacial score (nSPS) is 17.4. The molecule has 0 heterocycles. The molecule has 4 heteroatoms. The van der Waals surface area contributed by atoms with Gasteiger partial charge in [0.15, 0.2) is 0 Å². The Bertz CT molecular complexity index is 224. The zero-order chi connectivity index (χ0) is 10.6. The number of aliphatic hydroxyl groups excluding tert-OH is 1. The Kier molecular flexibility index (Phi) is 4.10. The summed E-state index contributed by atoms with van der Waals surface area (Å²) in [5.41, 5.74) is 5.17. The third-order valence-corrected chi connectivity index (χ3v) is 1.48. The third-order valence-electron chi connectivity index (χ3n) is 1.48. The Labute approximate surface area is 78.8 Å². The number of rotatable bonds is 3. The first-order valence-electron chi connectivity index (χ1n) is 4.20. The van der Waals surface area contributed by atoms with E-state index in [1.165, 1.54) is 6.92 Å². The van der Waals surface area contributed by atoms with E-state index in [1.807, 2.05) is 0 Å². The van der Waals surface area contributed by atoms with Crippen molar-refractivity contribution in [2.75, 3.05) is 0 Å². The lowest BCUT2D eigenvalue weighted by Crippen LogP contribution is -2.36. The molecule has 0 spiro atoms. The van der Waals surface area contributed by atoms with E-state index in [0.29, 0.717) is 11.4 Å². The number of aliphatic hydroxyl groups is 2. The van der Waals surface area contributed by atoms with Crippen molar-refractivity contribution in [1.29, 1.82) is 0 Å². The van der Waals surface area contributed by atoms with Crippen LogP contribution < -0.4 is 5.73 Å². The fourth-order valence-electron chi connectivity index (χ4n) is 0.909. The van der Waals surface area contributed by atoms with Crippen molar-refractivity contribution in [3.8, 4) is 0 Å². The summed E-state index contributed by atoms with van der Waals surface area (Å²) in [5.74, 6) is 0. The molecule has 13 heavy (non-hydrogen) atoms. The lowest BCUT2D eigenvalue weighted by atomic mass is 10.00. The second-order valence-electron chi connectivity index (χ2n) is 3.41. The van der Waals surface area contributed by atoms with Gasteiger partial charge in [-0.15, -0.1) is 0 Å². The number of nitrogens with zero attached hydrogens (tertiary/aromatic N) is 1. The van der Waals surface area contributed by atoms with Gasteiger partial charge in [-0.05, 0) is 27.7 Å². The van der Waals surface area contributed by atoms with Gasteiger partial charge in [-0.1, -0.05) is 6.08 Å². The SMILES string of the molecule is C/C=C(/N)C(=NC(C)O)C(C)(C)O. The van der Waals surface area contributed by atoms with Crippen molar-refractivity contribution < 1.29 is 10.2 Å². The van der Waals surface area contributed by atoms with Crippen LogP contribution in [-0.2, 0) is 0 Å². The lowest BCUT2D eigenvalue weighted by Gasteiger charge is -2.21. The fourth-order valence-corrected chi connectivity index (χ4v) is 0.909. The van der Waals surface area contributed by atoms with Crippen molar-refractivity contribution in [3.05, 3.63) is 11.8 Å². The highest BCUT2D eigenvalue weighted by molar-refractivity contribution is 6.04. The predicted molar refractivity (Wildman–Crippen MR) is 53.4 cm³/mol. The molecular formula is C9H18N2O2. The Morgan fingerprint density at radius 3 is 2.23 bits per heavy atom. The summed E-state index contributed by atoms with van der Waals surface area (Å²) in [5, 5.41) is 18.7. The van der Waals surface area contributed by atoms with E-state index >= 15 is 0 Å². The molecule has 0 radical (unpaired) electrons. The second-order valence-corrected chi connectivity index (χ2v) is 3.41. The van der Waals surface area contributed by atoms with Gasteiger partial charge in [0.05, 0.1) is 11.4 Å². The van der Waals surface area contributed by atoms with E-state index in [1.54, 1.807) is 26.8 Å². The summed E-state index contributed by atoms with van der Waals surface area (Å²) in [4.78, 5) is 3.85. The maximum atomic E-state index is 9.67. The molecule has 0 aliphatic heterocycles. The van der Waals surface area contributed by atoms with E-state index in [0.717, 1.165) is 0 Å². The molecule has 0 aromatic rings. The molecule has 4 N–H and O–H groups in total. The van der Waals surface area contributed by atoms with Gasteiger partial charge in [0.2, 0.25) is 0 Å². The van der Waals surface area contributed by atoms with E-state index < -0.39 is 11.8 Å². The van der Waals surface area contributed by atoms with Gasteiger partial charge >= 0.3 is 0 Å². The molecule has 0 aliphatic rings. The van der Waals surface area contributed by atoms with E-state index in [9.17, 15) is 5.11 Å². The highest BCUT2D eigenvalue weighted by atomic mass is 16.3. The van der Waals surface area contributed by atoms with E-state index in [2.05, 4.69) is 4.99 Å². The third kappa shape index (κ3) is 4.05. The molecule has 1 atom stereocenters. The monoisotopic (exact) mass is 186 g/mol. The van der Waals surface area contributed by atoms with Crippen LogP contribution in [0, 0.1) is 0 Å². The standard InChI is InChI=1S/C9H18N2O2/c1-5-7(10)8(9(3,4)13)11-6(2)12/h5-6,12-13H,10H2,1-4H3/b7-5+,11-8?. The lowest BCUT2D eigenvalue weighted by molar-refractivity contribution is 0.148. The molecule has 0 fully saturated rings. The molecule has 4 nitrogen and oxygen atoms in total. The number of hydrogen-bond acceptors (Lipinski definition) is 4. The minimum Gasteiger partial charge on any atom is -0.397 e. The molecule has 0 aliphatic carbocycles. The molecule has 0 rings (SSSR count). The largest absolute Gasteiger partial charge is 0.397 e. The number of hydrogen-bond donors (Lipinski definition) is 3. The summed E-state index contributed by atoms with van der Waals surface area (Å²) >= 11 is 0. The zero-order valence-corrected chi connectivity index (χ0v) is 8.57. The van der Waals surface area contributed by atoms with Crippen molar-refractivity contribution >= 4 is 5.71 Å². The number of allylic oxidation sites excluding steroid dienone is 1. The van der Waals surface area contributed by atoms with Crippen LogP contribution in [0.15, 0.2) is 16.8 Å². The molecule has 76 valence electrons. The summed E-state index contributed by atoms with van der Waals surface area (Å²) in [7, 11) is 0.